The van der Waals surface area contributed by atoms with Crippen molar-refractivity contribution in [1.82, 2.24) is 4.57 Å². The third-order valence-electron chi connectivity index (χ3n) is 3.75. The van der Waals surface area contributed by atoms with Gasteiger partial charge in [0.1, 0.15) is 6.04 Å². The molecule has 96 valence electrons. The van der Waals surface area contributed by atoms with Crippen molar-refractivity contribution in [3.8, 4) is 0 Å². The summed E-state index contributed by atoms with van der Waals surface area (Å²) in [5, 5.41) is 11.9. The summed E-state index contributed by atoms with van der Waals surface area (Å²) >= 11 is 0. The van der Waals surface area contributed by atoms with Crippen LogP contribution in [0, 0.1) is 5.92 Å². The Kier molecular flexibility index (Phi) is 2.17. The molecule has 0 spiro atoms. The first kappa shape index (κ1) is 11.1. The number of anilines is 2. The maximum Gasteiger partial charge on any atom is 0.354 e. The quantitative estimate of drug-likeness (QED) is 0.816. The number of amides is 1. The molecular formula is C12H15N3O3. The van der Waals surface area contributed by atoms with Gasteiger partial charge in [-0.15, -0.1) is 0 Å². The number of nitrogens with zero attached hydrogens (tertiary/aromatic N) is 2. The van der Waals surface area contributed by atoms with Gasteiger partial charge in [0.15, 0.2) is 5.69 Å². The number of carboxylic acid groups (broad SMARTS) is 1. The van der Waals surface area contributed by atoms with Crippen molar-refractivity contribution in [1.29, 1.82) is 0 Å². The van der Waals surface area contributed by atoms with Crippen LogP contribution in [0.15, 0.2) is 6.20 Å². The molecule has 0 bridgehead atoms. The summed E-state index contributed by atoms with van der Waals surface area (Å²) in [6.45, 7) is 0. The smallest absolute Gasteiger partial charge is 0.354 e. The molecule has 2 heterocycles. The molecule has 1 amide bonds. The molecular weight excluding hydrogens is 234 g/mol. The molecule has 2 aliphatic rings. The van der Waals surface area contributed by atoms with Crippen molar-refractivity contribution in [2.75, 3.05) is 17.3 Å². The highest BCUT2D eigenvalue weighted by Gasteiger charge is 2.43. The fraction of sp³-hybridized carbons (Fsp3) is 0.500. The van der Waals surface area contributed by atoms with E-state index in [1.54, 1.807) is 17.8 Å². The van der Waals surface area contributed by atoms with Crippen molar-refractivity contribution < 1.29 is 14.7 Å². The molecule has 1 atom stereocenters. The third kappa shape index (κ3) is 1.41. The maximum atomic E-state index is 12.1. The first-order chi connectivity index (χ1) is 8.50. The van der Waals surface area contributed by atoms with Crippen LogP contribution in [0.1, 0.15) is 23.3 Å². The second-order valence-corrected chi connectivity index (χ2v) is 5.04. The maximum absolute atomic E-state index is 12.1. The molecule has 6 nitrogen and oxygen atoms in total. The summed E-state index contributed by atoms with van der Waals surface area (Å²) in [5.74, 6) is -0.727. The second-order valence-electron chi connectivity index (χ2n) is 5.04. The van der Waals surface area contributed by atoms with Crippen LogP contribution in [0.2, 0.25) is 0 Å². The summed E-state index contributed by atoms with van der Waals surface area (Å²) in [6, 6.07) is -0.165. The number of carbonyl (C=O) groups is 2. The Balaban J connectivity index is 2.09. The number of likely N-dealkylation sites (N-methyl/N-ethyl adjacent to an activating group) is 1. The first-order valence-electron chi connectivity index (χ1n) is 5.97. The van der Waals surface area contributed by atoms with Crippen LogP contribution in [0.4, 0.5) is 11.4 Å². The van der Waals surface area contributed by atoms with Crippen LogP contribution in [-0.4, -0.2) is 34.6 Å². The van der Waals surface area contributed by atoms with Crippen LogP contribution < -0.4 is 10.2 Å². The molecule has 1 unspecified atom stereocenters. The Morgan fingerprint density at radius 2 is 2.11 bits per heavy atom. The number of carbonyl (C=O) groups excluding carboxylic acids is 1. The molecule has 1 aliphatic carbocycles. The number of aromatic nitrogens is 1. The zero-order valence-electron chi connectivity index (χ0n) is 10.3. The van der Waals surface area contributed by atoms with Gasteiger partial charge in [-0.25, -0.2) is 4.79 Å². The van der Waals surface area contributed by atoms with Gasteiger partial charge in [0.2, 0.25) is 5.91 Å². The fourth-order valence-corrected chi connectivity index (χ4v) is 2.72. The average Bonchev–Trinajstić information content (AvgIpc) is 3.02. The highest BCUT2D eigenvalue weighted by Crippen LogP contribution is 2.43. The molecule has 1 aromatic rings. The Morgan fingerprint density at radius 3 is 2.67 bits per heavy atom. The highest BCUT2D eigenvalue weighted by atomic mass is 16.4. The van der Waals surface area contributed by atoms with Crippen LogP contribution in [0.5, 0.6) is 0 Å². The minimum absolute atomic E-state index is 0.0961. The number of hydrogen-bond donors (Lipinski definition) is 2. The van der Waals surface area contributed by atoms with E-state index in [2.05, 4.69) is 5.32 Å². The Bertz CT molecular complexity index is 545. The van der Waals surface area contributed by atoms with Crippen molar-refractivity contribution in [3.05, 3.63) is 11.9 Å². The van der Waals surface area contributed by atoms with E-state index >= 15 is 0 Å². The van der Waals surface area contributed by atoms with Gasteiger partial charge >= 0.3 is 5.97 Å². The molecule has 1 fully saturated rings. The van der Waals surface area contributed by atoms with Gasteiger partial charge < -0.3 is 19.9 Å². The molecule has 0 aromatic carbocycles. The van der Waals surface area contributed by atoms with E-state index in [-0.39, 0.29) is 17.6 Å². The number of hydrogen-bond acceptors (Lipinski definition) is 3. The van der Waals surface area contributed by atoms with E-state index < -0.39 is 5.97 Å². The summed E-state index contributed by atoms with van der Waals surface area (Å²) < 4.78 is 1.54. The minimum atomic E-state index is -1.03. The summed E-state index contributed by atoms with van der Waals surface area (Å²) in [5.41, 5.74) is 1.32. The Labute approximate surface area is 104 Å². The topological polar surface area (TPSA) is 74.6 Å². The van der Waals surface area contributed by atoms with Crippen LogP contribution >= 0.6 is 0 Å². The van der Waals surface area contributed by atoms with E-state index in [0.717, 1.165) is 18.5 Å². The lowest BCUT2D eigenvalue weighted by Gasteiger charge is -2.33. The summed E-state index contributed by atoms with van der Waals surface area (Å²) in [6.07, 6.45) is 3.89. The molecule has 1 aliphatic heterocycles. The predicted octanol–water partition coefficient (Wildman–Crippen LogP) is 0.890. The van der Waals surface area contributed by atoms with Crippen molar-refractivity contribution in [3.63, 3.8) is 0 Å². The standard InChI is InChI=1S/C12H15N3O3/c1-14-5-7-8(10(14)12(17)18)13-11(16)9(15(7)2)6-3-4-6/h5-6,9H,3-4H2,1-2H3,(H,13,16)(H,17,18). The molecule has 1 saturated carbocycles. The number of carboxylic acids is 1. The van der Waals surface area contributed by atoms with Gasteiger partial charge in [-0.3, -0.25) is 4.79 Å². The number of nitrogens with one attached hydrogen (secondary N) is 1. The lowest BCUT2D eigenvalue weighted by atomic mass is 10.1. The van der Waals surface area contributed by atoms with E-state index in [1.165, 1.54) is 0 Å². The van der Waals surface area contributed by atoms with Crippen LogP contribution in [0.25, 0.3) is 0 Å². The first-order valence-corrected chi connectivity index (χ1v) is 5.97. The van der Waals surface area contributed by atoms with Crippen molar-refractivity contribution >= 4 is 23.3 Å². The molecule has 2 N–H and O–H groups in total. The van der Waals surface area contributed by atoms with Gasteiger partial charge in [0.05, 0.1) is 11.4 Å². The van der Waals surface area contributed by atoms with E-state index in [9.17, 15) is 14.7 Å². The number of aryl methyl sites for hydroxylation is 1. The zero-order valence-corrected chi connectivity index (χ0v) is 10.3. The molecule has 0 saturated heterocycles. The third-order valence-corrected chi connectivity index (χ3v) is 3.75. The van der Waals surface area contributed by atoms with E-state index in [1.807, 2.05) is 11.9 Å². The fourth-order valence-electron chi connectivity index (χ4n) is 2.72. The van der Waals surface area contributed by atoms with Crippen LogP contribution in [-0.2, 0) is 11.8 Å². The zero-order chi connectivity index (χ0) is 13.0. The lowest BCUT2D eigenvalue weighted by molar-refractivity contribution is -0.118. The van der Waals surface area contributed by atoms with Crippen LogP contribution in [0.3, 0.4) is 0 Å². The largest absolute Gasteiger partial charge is 0.477 e. The lowest BCUT2D eigenvalue weighted by Crippen LogP contribution is -2.47. The van der Waals surface area contributed by atoms with Gasteiger partial charge in [-0.2, -0.15) is 0 Å². The molecule has 3 rings (SSSR count). The van der Waals surface area contributed by atoms with E-state index in [0.29, 0.717) is 11.6 Å². The molecule has 1 aromatic heterocycles. The normalized spacial score (nSPS) is 22.7. The molecule has 18 heavy (non-hydrogen) atoms. The van der Waals surface area contributed by atoms with Gasteiger partial charge in [0, 0.05) is 20.3 Å². The number of aromatic carboxylic acids is 1. The van der Waals surface area contributed by atoms with Crippen molar-refractivity contribution in [2.24, 2.45) is 13.0 Å². The Morgan fingerprint density at radius 1 is 1.44 bits per heavy atom. The van der Waals surface area contributed by atoms with E-state index in [4.69, 9.17) is 0 Å². The Hall–Kier alpha value is -1.98. The van der Waals surface area contributed by atoms with Gasteiger partial charge in [-0.1, -0.05) is 0 Å². The minimum Gasteiger partial charge on any atom is -0.477 e. The average molecular weight is 249 g/mol. The summed E-state index contributed by atoms with van der Waals surface area (Å²) in [7, 11) is 3.53. The monoisotopic (exact) mass is 249 g/mol. The molecule has 0 radical (unpaired) electrons. The molecule has 6 heteroatoms. The second kappa shape index (κ2) is 3.51. The predicted molar refractivity (Wildman–Crippen MR) is 65.9 cm³/mol. The number of fused-ring (bicyclic) bond motifs is 1. The summed E-state index contributed by atoms with van der Waals surface area (Å²) in [4.78, 5) is 25.2. The van der Waals surface area contributed by atoms with Gasteiger partial charge in [-0.05, 0) is 18.8 Å². The highest BCUT2D eigenvalue weighted by molar-refractivity contribution is 6.09. The SMILES string of the molecule is CN1c2cn(C)c(C(=O)O)c2NC(=O)C1C1CC1. The van der Waals surface area contributed by atoms with Gasteiger partial charge in [0.25, 0.3) is 0 Å². The number of rotatable bonds is 2. The van der Waals surface area contributed by atoms with Crippen molar-refractivity contribution in [2.45, 2.75) is 18.9 Å².